The molecule has 1 fully saturated rings. The van der Waals surface area contributed by atoms with Crippen LogP contribution in [0.3, 0.4) is 0 Å². The van der Waals surface area contributed by atoms with Crippen molar-refractivity contribution in [2.45, 2.75) is 25.1 Å². The van der Waals surface area contributed by atoms with E-state index in [4.69, 9.17) is 5.73 Å². The first-order chi connectivity index (χ1) is 9.65. The van der Waals surface area contributed by atoms with Gasteiger partial charge in [-0.15, -0.1) is 5.10 Å². The zero-order chi connectivity index (χ0) is 15.8. The number of carboxylic acids is 1. The summed E-state index contributed by atoms with van der Waals surface area (Å²) in [7, 11) is 0. The maximum Gasteiger partial charge on any atom is 0.408 e. The molecule has 1 aliphatic heterocycles. The van der Waals surface area contributed by atoms with E-state index < -0.39 is 42.4 Å². The Kier molecular flexibility index (Phi) is 3.47. The Labute approximate surface area is 116 Å². The first-order valence-corrected chi connectivity index (χ1v) is 5.83. The number of hydrogen-bond donors (Lipinski definition) is 3. The van der Waals surface area contributed by atoms with Crippen LogP contribution in [0.4, 0.5) is 19.0 Å². The minimum Gasteiger partial charge on any atom is -0.480 e. The molecule has 0 aromatic carbocycles. The van der Waals surface area contributed by atoms with Crippen molar-refractivity contribution < 1.29 is 27.9 Å². The number of rotatable bonds is 3. The minimum atomic E-state index is -4.71. The van der Waals surface area contributed by atoms with Gasteiger partial charge >= 0.3 is 12.1 Å². The Morgan fingerprint density at radius 3 is 2.71 bits per heavy atom. The molecule has 0 saturated carbocycles. The first-order valence-electron chi connectivity index (χ1n) is 5.83. The molecule has 1 aromatic heterocycles. The van der Waals surface area contributed by atoms with Crippen molar-refractivity contribution in [1.29, 1.82) is 0 Å². The number of nitrogens with zero attached hydrogens (tertiary/aromatic N) is 2. The Balaban J connectivity index is 2.34. The lowest BCUT2D eigenvalue weighted by atomic mass is 9.79. The third-order valence-electron chi connectivity index (χ3n) is 3.33. The number of carboxylic acid groups (broad SMARTS) is 1. The van der Waals surface area contributed by atoms with Crippen LogP contribution in [-0.4, -0.2) is 39.4 Å². The predicted molar refractivity (Wildman–Crippen MR) is 62.8 cm³/mol. The second kappa shape index (κ2) is 4.86. The van der Waals surface area contributed by atoms with Crippen LogP contribution in [-0.2, 0) is 16.0 Å². The first kappa shape index (κ1) is 15.0. The van der Waals surface area contributed by atoms with Crippen LogP contribution in [0.25, 0.3) is 0 Å². The molecule has 1 saturated heterocycles. The van der Waals surface area contributed by atoms with Crippen LogP contribution in [0.2, 0.25) is 0 Å². The monoisotopic (exact) mass is 304 g/mol. The summed E-state index contributed by atoms with van der Waals surface area (Å²) >= 11 is 0. The van der Waals surface area contributed by atoms with Gasteiger partial charge in [-0.1, -0.05) is 0 Å². The number of halogens is 3. The summed E-state index contributed by atoms with van der Waals surface area (Å²) < 4.78 is 38.1. The molecule has 1 unspecified atom stereocenters. The maximum atomic E-state index is 12.7. The van der Waals surface area contributed by atoms with Crippen molar-refractivity contribution in [2.24, 2.45) is 5.41 Å². The molecule has 0 spiro atoms. The summed E-state index contributed by atoms with van der Waals surface area (Å²) in [5, 5.41) is 17.9. The Morgan fingerprint density at radius 2 is 2.24 bits per heavy atom. The van der Waals surface area contributed by atoms with Gasteiger partial charge in [-0.25, -0.2) is 0 Å². The van der Waals surface area contributed by atoms with Gasteiger partial charge in [-0.2, -0.15) is 18.3 Å². The quantitative estimate of drug-likeness (QED) is 0.683. The van der Waals surface area contributed by atoms with Crippen LogP contribution >= 0.6 is 0 Å². The van der Waals surface area contributed by atoms with Gasteiger partial charge in [-0.3, -0.25) is 9.59 Å². The number of nitrogen functional groups attached to an aromatic ring is 1. The molecule has 1 aromatic rings. The van der Waals surface area contributed by atoms with Gasteiger partial charge in [0.05, 0.1) is 6.20 Å². The van der Waals surface area contributed by atoms with Gasteiger partial charge in [0.2, 0.25) is 5.91 Å². The molecule has 0 aliphatic carbocycles. The van der Waals surface area contributed by atoms with Gasteiger partial charge in [0.1, 0.15) is 11.9 Å². The van der Waals surface area contributed by atoms with E-state index in [-0.39, 0.29) is 11.4 Å². The molecule has 1 amide bonds. The summed E-state index contributed by atoms with van der Waals surface area (Å²) in [5.41, 5.74) is 3.41. The highest BCUT2D eigenvalue weighted by Gasteiger charge is 2.59. The second-order valence-corrected chi connectivity index (χ2v) is 4.82. The molecule has 7 nitrogen and oxygen atoms in total. The fraction of sp³-hybridized carbons (Fsp3) is 0.455. The number of nitrogens with two attached hydrogens (primary N) is 1. The number of amides is 1. The maximum absolute atomic E-state index is 12.7. The average Bonchev–Trinajstić information content (AvgIpc) is 2.68. The van der Waals surface area contributed by atoms with Crippen molar-refractivity contribution in [3.8, 4) is 0 Å². The normalized spacial score (nSPS) is 25.7. The third-order valence-corrected chi connectivity index (χ3v) is 3.33. The summed E-state index contributed by atoms with van der Waals surface area (Å²) in [6.45, 7) is 0. The summed E-state index contributed by atoms with van der Waals surface area (Å²) in [6.07, 6.45) is -4.87. The largest absolute Gasteiger partial charge is 0.480 e. The van der Waals surface area contributed by atoms with Crippen LogP contribution in [0.1, 0.15) is 12.0 Å². The van der Waals surface area contributed by atoms with E-state index in [2.05, 4.69) is 10.2 Å². The number of aliphatic carboxylic acids is 1. The lowest BCUT2D eigenvalue weighted by molar-refractivity contribution is -0.157. The SMILES string of the molecule is Nc1cc(CC2(C(=O)O)C[C@@H](C(F)(F)F)NC2=O)cnn1. The fourth-order valence-electron chi connectivity index (χ4n) is 2.27. The van der Waals surface area contributed by atoms with Crippen molar-refractivity contribution in [2.75, 3.05) is 5.73 Å². The highest BCUT2D eigenvalue weighted by Crippen LogP contribution is 2.40. The van der Waals surface area contributed by atoms with E-state index in [9.17, 15) is 27.9 Å². The highest BCUT2D eigenvalue weighted by atomic mass is 19.4. The van der Waals surface area contributed by atoms with Crippen molar-refractivity contribution in [3.63, 3.8) is 0 Å². The fourth-order valence-corrected chi connectivity index (χ4v) is 2.27. The van der Waals surface area contributed by atoms with Crippen molar-refractivity contribution in [1.82, 2.24) is 15.5 Å². The Hall–Kier alpha value is -2.39. The number of nitrogens with one attached hydrogen (secondary N) is 1. The second-order valence-electron chi connectivity index (χ2n) is 4.82. The van der Waals surface area contributed by atoms with Gasteiger partial charge in [-0.05, 0) is 18.1 Å². The van der Waals surface area contributed by atoms with Gasteiger partial charge in [0.25, 0.3) is 0 Å². The molecule has 0 radical (unpaired) electrons. The van der Waals surface area contributed by atoms with Crippen LogP contribution in [0, 0.1) is 5.41 Å². The van der Waals surface area contributed by atoms with E-state index in [1.165, 1.54) is 6.07 Å². The standard InChI is InChI=1S/C11H11F3N4O3/c12-11(13,14)6-3-10(9(20)21,8(19)17-6)2-5-1-7(15)18-16-4-5/h1,4,6H,2-3H2,(H2,15,18)(H,17,19)(H,20,21)/t6-,10?/m0/s1. The predicted octanol–water partition coefficient (Wildman–Crippen LogP) is 0.123. The Morgan fingerprint density at radius 1 is 1.57 bits per heavy atom. The average molecular weight is 304 g/mol. The summed E-state index contributed by atoms with van der Waals surface area (Å²) in [4.78, 5) is 23.2. The van der Waals surface area contributed by atoms with E-state index in [1.54, 1.807) is 5.32 Å². The van der Waals surface area contributed by atoms with Crippen molar-refractivity contribution >= 4 is 17.7 Å². The van der Waals surface area contributed by atoms with E-state index in [1.807, 2.05) is 0 Å². The molecule has 2 rings (SSSR count). The van der Waals surface area contributed by atoms with Crippen LogP contribution in [0.15, 0.2) is 12.3 Å². The zero-order valence-electron chi connectivity index (χ0n) is 10.5. The zero-order valence-corrected chi connectivity index (χ0v) is 10.5. The van der Waals surface area contributed by atoms with E-state index in [0.29, 0.717) is 0 Å². The molecular formula is C11H11F3N4O3. The number of hydrogen-bond acceptors (Lipinski definition) is 5. The van der Waals surface area contributed by atoms with E-state index >= 15 is 0 Å². The lowest BCUT2D eigenvalue weighted by Gasteiger charge is -2.21. The molecule has 114 valence electrons. The number of aromatic nitrogens is 2. The van der Waals surface area contributed by atoms with Gasteiger partial charge in [0, 0.05) is 6.42 Å². The highest BCUT2D eigenvalue weighted by molar-refractivity contribution is 6.04. The molecule has 0 bridgehead atoms. The smallest absolute Gasteiger partial charge is 0.408 e. The van der Waals surface area contributed by atoms with Gasteiger partial charge in [0.15, 0.2) is 5.41 Å². The molecule has 21 heavy (non-hydrogen) atoms. The van der Waals surface area contributed by atoms with E-state index in [0.717, 1.165) is 6.20 Å². The molecule has 4 N–H and O–H groups in total. The molecule has 2 heterocycles. The number of alkyl halides is 3. The molecular weight excluding hydrogens is 293 g/mol. The van der Waals surface area contributed by atoms with Gasteiger partial charge < -0.3 is 16.2 Å². The number of anilines is 1. The van der Waals surface area contributed by atoms with Crippen molar-refractivity contribution in [3.05, 3.63) is 17.8 Å². The summed E-state index contributed by atoms with van der Waals surface area (Å²) in [6, 6.07) is -0.917. The minimum absolute atomic E-state index is 0.0150. The molecule has 2 atom stereocenters. The summed E-state index contributed by atoms with van der Waals surface area (Å²) in [5.74, 6) is -2.81. The van der Waals surface area contributed by atoms with Crippen LogP contribution in [0.5, 0.6) is 0 Å². The third kappa shape index (κ3) is 2.73. The van der Waals surface area contributed by atoms with Crippen LogP contribution < -0.4 is 11.1 Å². The molecule has 1 aliphatic rings. The Bertz CT molecular complexity index is 592. The topological polar surface area (TPSA) is 118 Å². The molecule has 10 heteroatoms. The number of carbonyl (C=O) groups excluding carboxylic acids is 1. The lowest BCUT2D eigenvalue weighted by Crippen LogP contribution is -2.41. The number of carbonyl (C=O) groups is 2.